The molecule has 1 saturated heterocycles. The van der Waals surface area contributed by atoms with Crippen molar-refractivity contribution in [2.75, 3.05) is 0 Å². The average molecular weight is 274 g/mol. The third kappa shape index (κ3) is 2.41. The number of benzene rings is 1. The molecule has 1 aromatic heterocycles. The summed E-state index contributed by atoms with van der Waals surface area (Å²) in [6.07, 6.45) is 4.24. The molecule has 3 rings (SSSR count). The summed E-state index contributed by atoms with van der Waals surface area (Å²) < 4.78 is 8.04. The molecule has 0 amide bonds. The summed E-state index contributed by atoms with van der Waals surface area (Å²) in [7, 11) is 0. The molecule has 0 bridgehead atoms. The maximum Gasteiger partial charge on any atom is 0.271 e. The zero-order chi connectivity index (χ0) is 14.3. The highest BCUT2D eigenvalue weighted by Gasteiger charge is 2.31. The summed E-state index contributed by atoms with van der Waals surface area (Å²) in [5.41, 5.74) is 0.970. The Bertz CT molecular complexity index is 660. The second-order valence-electron chi connectivity index (χ2n) is 6.01. The molecule has 0 radical (unpaired) electrons. The van der Waals surface area contributed by atoms with Crippen molar-refractivity contribution in [2.45, 2.75) is 44.9 Å². The molecule has 1 fully saturated rings. The van der Waals surface area contributed by atoms with E-state index in [0.29, 0.717) is 0 Å². The molecule has 106 valence electrons. The highest BCUT2D eigenvalue weighted by molar-refractivity contribution is 5.82. The van der Waals surface area contributed by atoms with Crippen LogP contribution < -0.4 is 0 Å². The van der Waals surface area contributed by atoms with Crippen LogP contribution in [-0.4, -0.2) is 21.2 Å². The molecule has 1 aliphatic rings. The van der Waals surface area contributed by atoms with Crippen molar-refractivity contribution < 1.29 is 9.66 Å². The van der Waals surface area contributed by atoms with Crippen LogP contribution >= 0.6 is 0 Å². The Morgan fingerprint density at radius 1 is 1.45 bits per heavy atom. The van der Waals surface area contributed by atoms with E-state index >= 15 is 0 Å². The molecular formula is C15H18N2O3. The van der Waals surface area contributed by atoms with Crippen molar-refractivity contribution in [1.29, 1.82) is 0 Å². The Hall–Kier alpha value is -1.88. The molecule has 5 nitrogen and oxygen atoms in total. The number of ether oxygens (including phenoxy) is 1. The summed E-state index contributed by atoms with van der Waals surface area (Å²) in [5, 5.41) is 11.9. The zero-order valence-corrected chi connectivity index (χ0v) is 11.7. The minimum Gasteiger partial charge on any atom is -0.370 e. The second kappa shape index (κ2) is 4.59. The van der Waals surface area contributed by atoms with Crippen molar-refractivity contribution in [1.82, 2.24) is 4.57 Å². The van der Waals surface area contributed by atoms with Gasteiger partial charge in [0.25, 0.3) is 5.69 Å². The number of non-ortho nitro benzene ring substituents is 1. The first-order valence-corrected chi connectivity index (χ1v) is 6.86. The van der Waals surface area contributed by atoms with Gasteiger partial charge in [0.2, 0.25) is 0 Å². The Kier molecular flexibility index (Phi) is 3.01. The predicted molar refractivity (Wildman–Crippen MR) is 76.8 cm³/mol. The molecule has 20 heavy (non-hydrogen) atoms. The summed E-state index contributed by atoms with van der Waals surface area (Å²) in [6, 6.07) is 6.96. The normalized spacial score (nSPS) is 21.4. The quantitative estimate of drug-likeness (QED) is 0.635. The molecule has 1 aromatic carbocycles. The average Bonchev–Trinajstić information content (AvgIpc) is 2.93. The highest BCUT2D eigenvalue weighted by atomic mass is 16.6. The molecule has 0 spiro atoms. The molecule has 0 saturated carbocycles. The maximum absolute atomic E-state index is 10.9. The Labute approximate surface area is 117 Å². The standard InChI is InChI=1S/C15H18N2O3/c1-15(2)7-5-13(20-15)10-16-8-6-11-3-4-12(17(18)19)9-14(11)16/h3-4,6,8-9,13H,5,7,10H2,1-2H3. The van der Waals surface area contributed by atoms with Gasteiger partial charge in [-0.25, -0.2) is 0 Å². The van der Waals surface area contributed by atoms with Gasteiger partial charge in [-0.05, 0) is 38.8 Å². The lowest BCUT2D eigenvalue weighted by molar-refractivity contribution is -0.384. The van der Waals surface area contributed by atoms with E-state index in [1.165, 1.54) is 0 Å². The van der Waals surface area contributed by atoms with Gasteiger partial charge >= 0.3 is 0 Å². The fourth-order valence-electron chi connectivity index (χ4n) is 2.87. The third-order valence-corrected chi connectivity index (χ3v) is 3.92. The van der Waals surface area contributed by atoms with Crippen LogP contribution in [0.1, 0.15) is 26.7 Å². The highest BCUT2D eigenvalue weighted by Crippen LogP contribution is 2.31. The molecule has 0 N–H and O–H groups in total. The van der Waals surface area contributed by atoms with Gasteiger partial charge in [0.15, 0.2) is 0 Å². The fourth-order valence-corrected chi connectivity index (χ4v) is 2.87. The molecule has 2 aromatic rings. The number of aromatic nitrogens is 1. The Balaban J connectivity index is 1.88. The van der Waals surface area contributed by atoms with E-state index in [0.717, 1.165) is 30.3 Å². The minimum absolute atomic E-state index is 0.0559. The first kappa shape index (κ1) is 13.1. The van der Waals surface area contributed by atoms with E-state index in [2.05, 4.69) is 18.4 Å². The van der Waals surface area contributed by atoms with Gasteiger partial charge < -0.3 is 9.30 Å². The maximum atomic E-state index is 10.9. The van der Waals surface area contributed by atoms with E-state index in [1.54, 1.807) is 18.2 Å². The van der Waals surface area contributed by atoms with Crippen molar-refractivity contribution in [3.05, 3.63) is 40.6 Å². The van der Waals surface area contributed by atoms with E-state index in [9.17, 15) is 10.1 Å². The molecule has 1 atom stereocenters. The van der Waals surface area contributed by atoms with Gasteiger partial charge in [-0.2, -0.15) is 0 Å². The molecule has 5 heteroatoms. The molecule has 2 heterocycles. The summed E-state index contributed by atoms with van der Waals surface area (Å²) in [4.78, 5) is 10.5. The van der Waals surface area contributed by atoms with Crippen molar-refractivity contribution in [3.8, 4) is 0 Å². The molecule has 0 aliphatic carbocycles. The number of nitrogens with zero attached hydrogens (tertiary/aromatic N) is 2. The summed E-state index contributed by atoms with van der Waals surface area (Å²) in [6.45, 7) is 4.95. The minimum atomic E-state index is -0.355. The monoisotopic (exact) mass is 274 g/mol. The van der Waals surface area contributed by atoms with Crippen LogP contribution in [-0.2, 0) is 11.3 Å². The number of nitro groups is 1. The van der Waals surface area contributed by atoms with Crippen LogP contribution in [0.5, 0.6) is 0 Å². The van der Waals surface area contributed by atoms with Crippen LogP contribution in [0.3, 0.4) is 0 Å². The number of fused-ring (bicyclic) bond motifs is 1. The van der Waals surface area contributed by atoms with Gasteiger partial charge in [0, 0.05) is 30.3 Å². The lowest BCUT2D eigenvalue weighted by atomic mass is 10.1. The Morgan fingerprint density at radius 3 is 2.90 bits per heavy atom. The van der Waals surface area contributed by atoms with E-state index in [1.807, 2.05) is 12.3 Å². The number of nitro benzene ring substituents is 1. The van der Waals surface area contributed by atoms with E-state index in [4.69, 9.17) is 4.74 Å². The topological polar surface area (TPSA) is 57.3 Å². The molecular weight excluding hydrogens is 256 g/mol. The first-order valence-electron chi connectivity index (χ1n) is 6.86. The predicted octanol–water partition coefficient (Wildman–Crippen LogP) is 3.51. The van der Waals surface area contributed by atoms with Gasteiger partial charge in [0.1, 0.15) is 0 Å². The lowest BCUT2D eigenvalue weighted by Gasteiger charge is -2.19. The SMILES string of the molecule is CC1(C)CCC(Cn2ccc3ccc([N+](=O)[O-])cc32)O1. The van der Waals surface area contributed by atoms with Crippen molar-refractivity contribution >= 4 is 16.6 Å². The lowest BCUT2D eigenvalue weighted by Crippen LogP contribution is -2.22. The van der Waals surface area contributed by atoms with Crippen molar-refractivity contribution in [2.24, 2.45) is 0 Å². The smallest absolute Gasteiger partial charge is 0.271 e. The summed E-state index contributed by atoms with van der Waals surface area (Å²) in [5.74, 6) is 0. The van der Waals surface area contributed by atoms with E-state index < -0.39 is 0 Å². The molecule has 1 aliphatic heterocycles. The first-order chi connectivity index (χ1) is 9.44. The van der Waals surface area contributed by atoms with Crippen molar-refractivity contribution in [3.63, 3.8) is 0 Å². The largest absolute Gasteiger partial charge is 0.370 e. The third-order valence-electron chi connectivity index (χ3n) is 3.92. The van der Waals surface area contributed by atoms with Crippen LogP contribution in [0.15, 0.2) is 30.5 Å². The van der Waals surface area contributed by atoms with Crippen LogP contribution in [0.2, 0.25) is 0 Å². The number of rotatable bonds is 3. The van der Waals surface area contributed by atoms with E-state index in [-0.39, 0.29) is 22.3 Å². The van der Waals surface area contributed by atoms with Crippen LogP contribution in [0, 0.1) is 10.1 Å². The Morgan fingerprint density at radius 2 is 2.25 bits per heavy atom. The van der Waals surface area contributed by atoms with Gasteiger partial charge in [0.05, 0.1) is 22.1 Å². The van der Waals surface area contributed by atoms with Crippen LogP contribution in [0.4, 0.5) is 5.69 Å². The van der Waals surface area contributed by atoms with Gasteiger partial charge in [-0.3, -0.25) is 10.1 Å². The number of hydrogen-bond donors (Lipinski definition) is 0. The number of hydrogen-bond acceptors (Lipinski definition) is 3. The fraction of sp³-hybridized carbons (Fsp3) is 0.467. The summed E-state index contributed by atoms with van der Waals surface area (Å²) >= 11 is 0. The van der Waals surface area contributed by atoms with Gasteiger partial charge in [-0.1, -0.05) is 0 Å². The zero-order valence-electron chi connectivity index (χ0n) is 11.7. The van der Waals surface area contributed by atoms with Crippen LogP contribution in [0.25, 0.3) is 10.9 Å². The second-order valence-corrected chi connectivity index (χ2v) is 6.01. The van der Waals surface area contributed by atoms with Gasteiger partial charge in [-0.15, -0.1) is 0 Å². The molecule has 1 unspecified atom stereocenters.